The fourth-order valence-electron chi connectivity index (χ4n) is 1.97. The molecule has 0 aliphatic carbocycles. The van der Waals surface area contributed by atoms with E-state index in [1.165, 1.54) is 15.6 Å². The Morgan fingerprint density at radius 2 is 2.11 bits per heavy atom. The highest BCUT2D eigenvalue weighted by Gasteiger charge is 2.45. The molecule has 1 aliphatic rings. The lowest BCUT2D eigenvalue weighted by Crippen LogP contribution is -2.63. The van der Waals surface area contributed by atoms with Crippen molar-refractivity contribution in [3.63, 3.8) is 0 Å². The van der Waals surface area contributed by atoms with E-state index in [2.05, 4.69) is 21.2 Å². The first-order valence-corrected chi connectivity index (χ1v) is 8.79. The van der Waals surface area contributed by atoms with E-state index in [1.54, 1.807) is 19.9 Å². The molecule has 0 radical (unpaired) electrons. The van der Waals surface area contributed by atoms with Gasteiger partial charge in [-0.15, -0.1) is 11.3 Å². The number of rotatable bonds is 2. The average molecular weight is 367 g/mol. The summed E-state index contributed by atoms with van der Waals surface area (Å²) in [6.45, 7) is 5.71. The van der Waals surface area contributed by atoms with Gasteiger partial charge in [-0.2, -0.15) is 4.31 Å². The van der Waals surface area contributed by atoms with E-state index in [0.717, 1.165) is 9.35 Å². The molecule has 8 heteroatoms. The zero-order valence-electron chi connectivity index (χ0n) is 10.9. The smallest absolute Gasteiger partial charge is 0.253 e. The van der Waals surface area contributed by atoms with Gasteiger partial charge < -0.3 is 5.32 Å². The number of aryl methyl sites for hydroxylation is 1. The number of sulfonamides is 1. The average Bonchev–Trinajstić information content (AvgIpc) is 2.63. The van der Waals surface area contributed by atoms with Crippen molar-refractivity contribution in [3.05, 3.63) is 15.4 Å². The third kappa shape index (κ3) is 2.46. The molecule has 1 aliphatic heterocycles. The number of piperazine rings is 1. The van der Waals surface area contributed by atoms with Crippen molar-refractivity contribution in [1.82, 2.24) is 9.62 Å². The number of carbonyl (C=O) groups excluding carboxylic acids is 1. The summed E-state index contributed by atoms with van der Waals surface area (Å²) in [6, 6.07) is 1.63. The quantitative estimate of drug-likeness (QED) is 0.866. The number of halogens is 1. The van der Waals surface area contributed by atoms with Crippen LogP contribution in [-0.4, -0.2) is 37.3 Å². The number of hydrogen-bond acceptors (Lipinski definition) is 4. The van der Waals surface area contributed by atoms with Crippen molar-refractivity contribution in [3.8, 4) is 0 Å². The van der Waals surface area contributed by atoms with Crippen LogP contribution in [-0.2, 0) is 14.8 Å². The van der Waals surface area contributed by atoms with Crippen molar-refractivity contribution in [2.24, 2.45) is 0 Å². The van der Waals surface area contributed by atoms with Gasteiger partial charge in [0, 0.05) is 13.1 Å². The van der Waals surface area contributed by atoms with E-state index in [-0.39, 0.29) is 16.7 Å². The lowest BCUT2D eigenvalue weighted by molar-refractivity contribution is -0.131. The first-order chi connectivity index (χ1) is 8.67. The Kier molecular flexibility index (Phi) is 3.81. The van der Waals surface area contributed by atoms with Crippen LogP contribution in [0.25, 0.3) is 0 Å². The van der Waals surface area contributed by atoms with Crippen LogP contribution in [0.2, 0.25) is 0 Å². The highest BCUT2D eigenvalue weighted by atomic mass is 79.9. The second-order valence-corrected chi connectivity index (χ2v) is 9.37. The van der Waals surface area contributed by atoms with Crippen LogP contribution in [0.5, 0.6) is 0 Å². The Morgan fingerprint density at radius 1 is 1.47 bits per heavy atom. The summed E-state index contributed by atoms with van der Waals surface area (Å²) >= 11 is 4.50. The molecule has 0 bridgehead atoms. The van der Waals surface area contributed by atoms with Gasteiger partial charge in [-0.3, -0.25) is 4.79 Å². The maximum atomic E-state index is 12.6. The summed E-state index contributed by atoms with van der Waals surface area (Å²) in [4.78, 5) is 11.9. The molecule has 0 aromatic carbocycles. The van der Waals surface area contributed by atoms with Gasteiger partial charge >= 0.3 is 0 Å². The van der Waals surface area contributed by atoms with Crippen molar-refractivity contribution in [2.75, 3.05) is 13.1 Å². The SMILES string of the molecule is Cc1cc(S(=O)(=O)N2CCNC(=O)C2(C)C)sc1Br. The molecular formula is C11H15BrN2O3S2. The second-order valence-electron chi connectivity index (χ2n) is 4.91. The summed E-state index contributed by atoms with van der Waals surface area (Å²) in [7, 11) is -3.64. The summed E-state index contributed by atoms with van der Waals surface area (Å²) < 4.78 is 27.6. The number of hydrogen-bond donors (Lipinski definition) is 1. The third-order valence-corrected chi connectivity index (χ3v) is 7.82. The van der Waals surface area contributed by atoms with E-state index >= 15 is 0 Å². The number of nitrogens with zero attached hydrogens (tertiary/aromatic N) is 1. The van der Waals surface area contributed by atoms with Crippen LogP contribution >= 0.6 is 27.3 Å². The number of thiophene rings is 1. The molecule has 1 aromatic heterocycles. The molecule has 1 aromatic rings. The van der Waals surface area contributed by atoms with E-state index in [1.807, 2.05) is 6.92 Å². The van der Waals surface area contributed by atoms with Gasteiger partial charge in [-0.1, -0.05) is 0 Å². The Balaban J connectivity index is 2.47. The molecule has 0 saturated carbocycles. The maximum absolute atomic E-state index is 12.6. The Bertz CT molecular complexity index is 602. The molecule has 5 nitrogen and oxygen atoms in total. The Morgan fingerprint density at radius 3 is 2.63 bits per heavy atom. The van der Waals surface area contributed by atoms with Crippen LogP contribution in [0.3, 0.4) is 0 Å². The lowest BCUT2D eigenvalue weighted by Gasteiger charge is -2.39. The van der Waals surface area contributed by atoms with Gasteiger partial charge in [0.05, 0.1) is 3.79 Å². The van der Waals surface area contributed by atoms with E-state index in [4.69, 9.17) is 0 Å². The molecule has 106 valence electrons. The van der Waals surface area contributed by atoms with E-state index in [0.29, 0.717) is 6.54 Å². The molecule has 2 heterocycles. The minimum absolute atomic E-state index is 0.264. The summed E-state index contributed by atoms with van der Waals surface area (Å²) in [5.74, 6) is -0.269. The number of nitrogens with one attached hydrogen (secondary N) is 1. The summed E-state index contributed by atoms with van der Waals surface area (Å²) in [6.07, 6.45) is 0. The molecule has 1 amide bonds. The fraction of sp³-hybridized carbons (Fsp3) is 0.545. The van der Waals surface area contributed by atoms with Crippen LogP contribution in [0.4, 0.5) is 0 Å². The predicted octanol–water partition coefficient (Wildman–Crippen LogP) is 1.72. The van der Waals surface area contributed by atoms with Gasteiger partial charge in [0.1, 0.15) is 9.75 Å². The monoisotopic (exact) mass is 366 g/mol. The predicted molar refractivity (Wildman–Crippen MR) is 77.7 cm³/mol. The van der Waals surface area contributed by atoms with Crippen LogP contribution < -0.4 is 5.32 Å². The second kappa shape index (κ2) is 4.83. The first kappa shape index (κ1) is 15.0. The minimum Gasteiger partial charge on any atom is -0.353 e. The largest absolute Gasteiger partial charge is 0.353 e. The highest BCUT2D eigenvalue weighted by Crippen LogP contribution is 2.35. The lowest BCUT2D eigenvalue weighted by atomic mass is 10.0. The molecule has 1 N–H and O–H groups in total. The Labute approximate surface area is 125 Å². The number of carbonyl (C=O) groups is 1. The third-order valence-electron chi connectivity index (χ3n) is 3.16. The summed E-state index contributed by atoms with van der Waals surface area (Å²) in [5, 5.41) is 2.69. The fourth-order valence-corrected chi connectivity index (χ4v) is 6.06. The van der Waals surface area contributed by atoms with Crippen molar-refractivity contribution >= 4 is 43.2 Å². The maximum Gasteiger partial charge on any atom is 0.253 e. The molecule has 1 saturated heterocycles. The van der Waals surface area contributed by atoms with Crippen LogP contribution in [0, 0.1) is 6.92 Å². The molecular weight excluding hydrogens is 352 g/mol. The number of amides is 1. The van der Waals surface area contributed by atoms with Gasteiger partial charge in [0.25, 0.3) is 10.0 Å². The molecule has 0 unspecified atom stereocenters. The zero-order valence-corrected chi connectivity index (χ0v) is 14.1. The van der Waals surface area contributed by atoms with Crippen LogP contribution in [0.15, 0.2) is 14.1 Å². The minimum atomic E-state index is -3.64. The summed E-state index contributed by atoms with van der Waals surface area (Å²) in [5.41, 5.74) is -0.190. The normalized spacial score (nSPS) is 20.3. The van der Waals surface area contributed by atoms with Crippen molar-refractivity contribution < 1.29 is 13.2 Å². The Hall–Kier alpha value is -0.440. The van der Waals surface area contributed by atoms with Gasteiger partial charge in [0.2, 0.25) is 5.91 Å². The molecule has 19 heavy (non-hydrogen) atoms. The van der Waals surface area contributed by atoms with Crippen LogP contribution in [0.1, 0.15) is 19.4 Å². The highest BCUT2D eigenvalue weighted by molar-refractivity contribution is 9.11. The topological polar surface area (TPSA) is 66.5 Å². The standard InChI is InChI=1S/C11H15BrN2O3S2/c1-7-6-8(18-9(7)12)19(16,17)14-5-4-13-10(15)11(14,2)3/h6H,4-5H2,1-3H3,(H,13,15). The molecule has 0 atom stereocenters. The van der Waals surface area contributed by atoms with Crippen molar-refractivity contribution in [1.29, 1.82) is 0 Å². The molecule has 2 rings (SSSR count). The van der Waals surface area contributed by atoms with E-state index < -0.39 is 15.6 Å². The van der Waals surface area contributed by atoms with Gasteiger partial charge in [-0.05, 0) is 48.3 Å². The van der Waals surface area contributed by atoms with Gasteiger partial charge in [-0.25, -0.2) is 8.42 Å². The molecule has 1 fully saturated rings. The van der Waals surface area contributed by atoms with E-state index in [9.17, 15) is 13.2 Å². The van der Waals surface area contributed by atoms with Gasteiger partial charge in [0.15, 0.2) is 0 Å². The molecule has 0 spiro atoms. The van der Waals surface area contributed by atoms with Crippen molar-refractivity contribution in [2.45, 2.75) is 30.5 Å². The first-order valence-electron chi connectivity index (χ1n) is 5.74. The zero-order chi connectivity index (χ0) is 14.4.